The van der Waals surface area contributed by atoms with E-state index in [-0.39, 0.29) is 5.91 Å². The maximum atomic E-state index is 12.5. The molecule has 0 unspecified atom stereocenters. The van der Waals surface area contributed by atoms with Gasteiger partial charge in [0.25, 0.3) is 5.91 Å². The Morgan fingerprint density at radius 2 is 1.70 bits per heavy atom. The van der Waals surface area contributed by atoms with E-state index in [1.165, 1.54) is 14.2 Å². The van der Waals surface area contributed by atoms with E-state index in [2.05, 4.69) is 15.6 Å². The van der Waals surface area contributed by atoms with Crippen molar-refractivity contribution in [1.82, 2.24) is 4.98 Å². The van der Waals surface area contributed by atoms with Crippen LogP contribution in [0.5, 0.6) is 11.5 Å². The molecule has 3 rings (SSSR count). The molecular weight excluding hydrogens is 366 g/mol. The van der Waals surface area contributed by atoms with E-state index < -0.39 is 0 Å². The molecule has 0 aliphatic heterocycles. The zero-order chi connectivity index (χ0) is 19.2. The van der Waals surface area contributed by atoms with E-state index in [0.29, 0.717) is 27.9 Å². The average molecular weight is 384 g/mol. The zero-order valence-electron chi connectivity index (χ0n) is 14.8. The molecule has 0 spiro atoms. The molecule has 0 bridgehead atoms. The number of ether oxygens (including phenoxy) is 2. The van der Waals surface area contributed by atoms with E-state index in [4.69, 9.17) is 21.1 Å². The number of amides is 1. The lowest BCUT2D eigenvalue weighted by Gasteiger charge is -2.10. The van der Waals surface area contributed by atoms with Crippen LogP contribution < -0.4 is 20.1 Å². The van der Waals surface area contributed by atoms with Gasteiger partial charge in [-0.05, 0) is 36.4 Å². The van der Waals surface area contributed by atoms with E-state index in [1.807, 2.05) is 18.2 Å². The number of hydrogen-bond acceptors (Lipinski definition) is 5. The Bertz CT molecular complexity index is 923. The van der Waals surface area contributed by atoms with Crippen molar-refractivity contribution in [2.24, 2.45) is 0 Å². The number of pyridine rings is 1. The van der Waals surface area contributed by atoms with Crippen LogP contribution in [0, 0.1) is 0 Å². The van der Waals surface area contributed by atoms with E-state index in [1.54, 1.807) is 42.6 Å². The number of methoxy groups -OCH3 is 2. The number of carbonyl (C=O) groups excluding carboxylic acids is 1. The van der Waals surface area contributed by atoms with Crippen LogP contribution in [0.4, 0.5) is 17.2 Å². The summed E-state index contributed by atoms with van der Waals surface area (Å²) in [4.78, 5) is 16.7. The second-order valence-corrected chi connectivity index (χ2v) is 6.00. The van der Waals surface area contributed by atoms with Crippen LogP contribution in [-0.2, 0) is 0 Å². The van der Waals surface area contributed by atoms with Crippen LogP contribution >= 0.6 is 11.6 Å². The summed E-state index contributed by atoms with van der Waals surface area (Å²) in [5.74, 6) is 1.18. The Balaban J connectivity index is 1.71. The highest BCUT2D eigenvalue weighted by atomic mass is 35.5. The number of benzene rings is 2. The Kier molecular flexibility index (Phi) is 5.78. The number of carbonyl (C=O) groups is 1. The highest BCUT2D eigenvalue weighted by Crippen LogP contribution is 2.25. The molecule has 0 saturated carbocycles. The van der Waals surface area contributed by atoms with Gasteiger partial charge in [-0.3, -0.25) is 4.79 Å². The zero-order valence-corrected chi connectivity index (χ0v) is 15.6. The molecule has 0 aliphatic rings. The first-order chi connectivity index (χ1) is 13.1. The third-order valence-corrected chi connectivity index (χ3v) is 4.10. The van der Waals surface area contributed by atoms with Gasteiger partial charge in [0.05, 0.1) is 36.8 Å². The molecule has 1 aromatic heterocycles. The number of hydrogen-bond donors (Lipinski definition) is 2. The summed E-state index contributed by atoms with van der Waals surface area (Å²) < 4.78 is 10.4. The van der Waals surface area contributed by atoms with Crippen molar-refractivity contribution in [3.05, 3.63) is 71.4 Å². The number of para-hydroxylation sites is 1. The highest BCUT2D eigenvalue weighted by Gasteiger charge is 2.11. The first-order valence-electron chi connectivity index (χ1n) is 8.11. The summed E-state index contributed by atoms with van der Waals surface area (Å²) in [7, 11) is 3.06. The van der Waals surface area contributed by atoms with Gasteiger partial charge in [0.2, 0.25) is 0 Å². The lowest BCUT2D eigenvalue weighted by molar-refractivity contribution is 0.102. The molecule has 1 amide bonds. The van der Waals surface area contributed by atoms with Gasteiger partial charge in [-0.25, -0.2) is 4.98 Å². The largest absolute Gasteiger partial charge is 0.497 e. The molecule has 7 heteroatoms. The SMILES string of the molecule is COc1cc(OC)cc(C(=O)Nc2ccc(Nc3ccccc3Cl)cn2)c1. The standard InChI is InChI=1S/C20H18ClN3O3/c1-26-15-9-13(10-16(11-15)27-2)20(25)24-19-8-7-14(12-22-19)23-18-6-4-3-5-17(18)21/h3-12,23H,1-2H3,(H,22,24,25). The van der Waals surface area contributed by atoms with E-state index in [9.17, 15) is 4.79 Å². The lowest BCUT2D eigenvalue weighted by Crippen LogP contribution is -2.13. The summed E-state index contributed by atoms with van der Waals surface area (Å²) in [6, 6.07) is 15.9. The van der Waals surface area contributed by atoms with Crippen molar-refractivity contribution in [1.29, 1.82) is 0 Å². The summed E-state index contributed by atoms with van der Waals surface area (Å²) in [5, 5.41) is 6.54. The molecule has 2 aromatic carbocycles. The quantitative estimate of drug-likeness (QED) is 0.642. The van der Waals surface area contributed by atoms with Crippen LogP contribution in [0.25, 0.3) is 0 Å². The fraction of sp³-hybridized carbons (Fsp3) is 0.100. The van der Waals surface area contributed by atoms with Gasteiger partial charge in [0.1, 0.15) is 17.3 Å². The molecule has 3 aromatic rings. The molecule has 138 valence electrons. The number of rotatable bonds is 6. The molecule has 0 aliphatic carbocycles. The topological polar surface area (TPSA) is 72.5 Å². The summed E-state index contributed by atoms with van der Waals surface area (Å²) in [6.45, 7) is 0. The smallest absolute Gasteiger partial charge is 0.257 e. The van der Waals surface area contributed by atoms with Crippen LogP contribution in [0.1, 0.15) is 10.4 Å². The second kappa shape index (κ2) is 8.42. The third-order valence-electron chi connectivity index (χ3n) is 3.77. The van der Waals surface area contributed by atoms with Crippen LogP contribution in [0.3, 0.4) is 0 Å². The summed E-state index contributed by atoms with van der Waals surface area (Å²) >= 11 is 6.13. The molecule has 0 atom stereocenters. The van der Waals surface area contributed by atoms with Crippen molar-refractivity contribution in [3.63, 3.8) is 0 Å². The van der Waals surface area contributed by atoms with Crippen LogP contribution in [-0.4, -0.2) is 25.1 Å². The second-order valence-electron chi connectivity index (χ2n) is 5.59. The number of nitrogens with zero attached hydrogens (tertiary/aromatic N) is 1. The maximum Gasteiger partial charge on any atom is 0.257 e. The van der Waals surface area contributed by atoms with Gasteiger partial charge in [0.15, 0.2) is 0 Å². The van der Waals surface area contributed by atoms with Crippen molar-refractivity contribution < 1.29 is 14.3 Å². The molecule has 2 N–H and O–H groups in total. The Morgan fingerprint density at radius 1 is 1.00 bits per heavy atom. The molecule has 6 nitrogen and oxygen atoms in total. The fourth-order valence-corrected chi connectivity index (χ4v) is 2.57. The van der Waals surface area contributed by atoms with Crippen molar-refractivity contribution in [2.45, 2.75) is 0 Å². The van der Waals surface area contributed by atoms with Gasteiger partial charge < -0.3 is 20.1 Å². The predicted octanol–water partition coefficient (Wildman–Crippen LogP) is 4.75. The molecule has 0 fully saturated rings. The number of halogens is 1. The first-order valence-corrected chi connectivity index (χ1v) is 8.49. The minimum atomic E-state index is -0.313. The molecular formula is C20H18ClN3O3. The highest BCUT2D eigenvalue weighted by molar-refractivity contribution is 6.33. The maximum absolute atomic E-state index is 12.5. The van der Waals surface area contributed by atoms with Gasteiger partial charge in [-0.2, -0.15) is 0 Å². The minimum Gasteiger partial charge on any atom is -0.497 e. The van der Waals surface area contributed by atoms with E-state index in [0.717, 1.165) is 11.4 Å². The average Bonchev–Trinajstić information content (AvgIpc) is 2.70. The van der Waals surface area contributed by atoms with Gasteiger partial charge >= 0.3 is 0 Å². The normalized spacial score (nSPS) is 10.2. The fourth-order valence-electron chi connectivity index (χ4n) is 2.39. The van der Waals surface area contributed by atoms with E-state index >= 15 is 0 Å². The van der Waals surface area contributed by atoms with Crippen molar-refractivity contribution in [2.75, 3.05) is 24.9 Å². The molecule has 27 heavy (non-hydrogen) atoms. The first kappa shape index (κ1) is 18.5. The van der Waals surface area contributed by atoms with Crippen molar-refractivity contribution in [3.8, 4) is 11.5 Å². The van der Waals surface area contributed by atoms with Gasteiger partial charge in [-0.15, -0.1) is 0 Å². The van der Waals surface area contributed by atoms with Crippen LogP contribution in [0.15, 0.2) is 60.8 Å². The summed E-state index contributed by atoms with van der Waals surface area (Å²) in [6.07, 6.45) is 1.62. The Morgan fingerprint density at radius 3 is 2.30 bits per heavy atom. The molecule has 1 heterocycles. The van der Waals surface area contributed by atoms with Crippen LogP contribution in [0.2, 0.25) is 5.02 Å². The summed E-state index contributed by atoms with van der Waals surface area (Å²) in [5.41, 5.74) is 1.94. The minimum absolute atomic E-state index is 0.313. The van der Waals surface area contributed by atoms with Gasteiger partial charge in [-0.1, -0.05) is 23.7 Å². The molecule has 0 radical (unpaired) electrons. The van der Waals surface area contributed by atoms with Gasteiger partial charge in [0, 0.05) is 11.6 Å². The number of anilines is 3. The Hall–Kier alpha value is -3.25. The Labute approximate surface area is 162 Å². The lowest BCUT2D eigenvalue weighted by atomic mass is 10.2. The number of nitrogens with one attached hydrogen (secondary N) is 2. The monoisotopic (exact) mass is 383 g/mol. The number of aromatic nitrogens is 1. The third kappa shape index (κ3) is 4.68. The van der Waals surface area contributed by atoms with Crippen molar-refractivity contribution >= 4 is 34.7 Å². The predicted molar refractivity (Wildman–Crippen MR) is 106 cm³/mol. The molecule has 0 saturated heterocycles.